The Morgan fingerprint density at radius 2 is 1.88 bits per heavy atom. The van der Waals surface area contributed by atoms with Crippen molar-refractivity contribution < 1.29 is 26.8 Å². The van der Waals surface area contributed by atoms with E-state index in [2.05, 4.69) is 20.7 Å². The third-order valence-electron chi connectivity index (χ3n) is 3.11. The summed E-state index contributed by atoms with van der Waals surface area (Å²) in [5, 5.41) is 3.70. The average molecular weight is 372 g/mol. The number of halogens is 5. The molecular formula is C16H8ClF4N2O2. The minimum atomic E-state index is -4.81. The van der Waals surface area contributed by atoms with Crippen LogP contribution in [0.5, 0.6) is 5.75 Å². The van der Waals surface area contributed by atoms with Gasteiger partial charge in [0.25, 0.3) is 0 Å². The van der Waals surface area contributed by atoms with Gasteiger partial charge in [-0.1, -0.05) is 28.9 Å². The van der Waals surface area contributed by atoms with Crippen LogP contribution in [0, 0.1) is 11.9 Å². The highest BCUT2D eigenvalue weighted by Gasteiger charge is 2.38. The van der Waals surface area contributed by atoms with Gasteiger partial charge in [0, 0.05) is 11.1 Å². The maximum absolute atomic E-state index is 14.5. The minimum Gasteiger partial charge on any atom is -0.485 e. The van der Waals surface area contributed by atoms with Gasteiger partial charge in [-0.3, -0.25) is 0 Å². The van der Waals surface area contributed by atoms with Crippen molar-refractivity contribution in [1.29, 1.82) is 0 Å². The first-order valence-corrected chi connectivity index (χ1v) is 7.21. The molecule has 0 amide bonds. The maximum Gasteiger partial charge on any atom is 0.471 e. The van der Waals surface area contributed by atoms with E-state index in [0.717, 1.165) is 5.56 Å². The van der Waals surface area contributed by atoms with Crippen molar-refractivity contribution in [2.45, 2.75) is 12.8 Å². The zero-order valence-corrected chi connectivity index (χ0v) is 13.0. The number of hydrogen-bond acceptors (Lipinski definition) is 4. The summed E-state index contributed by atoms with van der Waals surface area (Å²) in [5.74, 6) is -3.30. The lowest BCUT2D eigenvalue weighted by Crippen LogP contribution is -2.05. The normalized spacial score (nSPS) is 11.6. The largest absolute Gasteiger partial charge is 0.485 e. The molecule has 0 atom stereocenters. The smallest absolute Gasteiger partial charge is 0.471 e. The number of alkyl halides is 3. The molecule has 0 unspecified atom stereocenters. The molecule has 0 saturated carbocycles. The van der Waals surface area contributed by atoms with Gasteiger partial charge in [0.05, 0.1) is 5.56 Å². The fourth-order valence-electron chi connectivity index (χ4n) is 1.92. The van der Waals surface area contributed by atoms with Crippen LogP contribution in [0.2, 0.25) is 5.02 Å². The highest BCUT2D eigenvalue weighted by molar-refractivity contribution is 6.30. The molecule has 1 heterocycles. The van der Waals surface area contributed by atoms with Gasteiger partial charge in [-0.2, -0.15) is 18.2 Å². The Labute approximate surface area is 144 Å². The van der Waals surface area contributed by atoms with Gasteiger partial charge in [0.2, 0.25) is 5.82 Å². The maximum atomic E-state index is 14.5. The molecule has 25 heavy (non-hydrogen) atoms. The van der Waals surface area contributed by atoms with Gasteiger partial charge >= 0.3 is 12.1 Å². The van der Waals surface area contributed by atoms with Gasteiger partial charge in [0.1, 0.15) is 6.61 Å². The molecule has 1 aromatic heterocycles. The number of nitrogens with zero attached hydrogens (tertiary/aromatic N) is 2. The van der Waals surface area contributed by atoms with Gasteiger partial charge < -0.3 is 9.26 Å². The molecular weight excluding hydrogens is 364 g/mol. The van der Waals surface area contributed by atoms with E-state index >= 15 is 0 Å². The molecule has 129 valence electrons. The number of ether oxygens (including phenoxy) is 1. The highest BCUT2D eigenvalue weighted by Crippen LogP contribution is 2.32. The van der Waals surface area contributed by atoms with E-state index in [1.54, 1.807) is 24.3 Å². The molecule has 0 N–H and O–H groups in total. The standard InChI is InChI=1S/C16H8ClF4N2O2/c17-10-6-4-9(5-7-10)8-24-12-3-1-2-11(13(12)18)14-22-15(25-23-14)16(19,20)21/h1-2,4-7H,8H2. The van der Waals surface area contributed by atoms with E-state index in [1.165, 1.54) is 12.1 Å². The van der Waals surface area contributed by atoms with E-state index in [1.807, 2.05) is 0 Å². The van der Waals surface area contributed by atoms with E-state index < -0.39 is 23.7 Å². The molecule has 0 bridgehead atoms. The van der Waals surface area contributed by atoms with Gasteiger partial charge in [0.15, 0.2) is 11.6 Å². The fraction of sp³-hybridized carbons (Fsp3) is 0.125. The van der Waals surface area contributed by atoms with E-state index in [0.29, 0.717) is 5.02 Å². The molecule has 4 nitrogen and oxygen atoms in total. The first-order valence-electron chi connectivity index (χ1n) is 6.83. The highest BCUT2D eigenvalue weighted by atomic mass is 35.5. The van der Waals surface area contributed by atoms with Crippen molar-refractivity contribution in [3.63, 3.8) is 0 Å². The van der Waals surface area contributed by atoms with Crippen LogP contribution >= 0.6 is 11.6 Å². The van der Waals surface area contributed by atoms with Gasteiger partial charge in [-0.25, -0.2) is 4.39 Å². The predicted molar refractivity (Wildman–Crippen MR) is 79.3 cm³/mol. The summed E-state index contributed by atoms with van der Waals surface area (Å²) >= 11 is 5.77. The van der Waals surface area contributed by atoms with Gasteiger partial charge in [-0.15, -0.1) is 0 Å². The summed E-state index contributed by atoms with van der Waals surface area (Å²) in [6.45, 7) is 0.0219. The Balaban J connectivity index is 1.82. The number of hydrogen-bond donors (Lipinski definition) is 0. The third kappa shape index (κ3) is 3.90. The molecule has 0 fully saturated rings. The first-order chi connectivity index (χ1) is 11.8. The molecule has 0 aliphatic rings. The summed E-state index contributed by atoms with van der Waals surface area (Å²) in [5.41, 5.74) is 0.436. The summed E-state index contributed by atoms with van der Waals surface area (Å²) in [6.07, 6.45) is -4.81. The Bertz CT molecular complexity index is 879. The van der Waals surface area contributed by atoms with Crippen molar-refractivity contribution in [3.05, 3.63) is 64.8 Å². The van der Waals surface area contributed by atoms with Crippen molar-refractivity contribution in [2.24, 2.45) is 0 Å². The molecule has 3 aromatic rings. The zero-order chi connectivity index (χ0) is 18.0. The minimum absolute atomic E-state index is 0.0219. The third-order valence-corrected chi connectivity index (χ3v) is 3.36. The molecule has 0 aliphatic heterocycles. The van der Waals surface area contributed by atoms with E-state index in [9.17, 15) is 17.6 Å². The number of aromatic nitrogens is 2. The summed E-state index contributed by atoms with van der Waals surface area (Å²) < 4.78 is 61.4. The second kappa shape index (κ2) is 6.72. The van der Waals surface area contributed by atoms with Crippen LogP contribution in [0.25, 0.3) is 11.4 Å². The van der Waals surface area contributed by atoms with Crippen LogP contribution in [0.15, 0.2) is 40.9 Å². The SMILES string of the molecule is Fc1c(OCc2ccc(Cl)cc2)[c]ccc1-c1noc(C(F)(F)F)n1. The molecule has 3 rings (SSSR count). The van der Waals surface area contributed by atoms with Crippen LogP contribution < -0.4 is 4.74 Å². The summed E-state index contributed by atoms with van der Waals surface area (Å²) in [7, 11) is 0. The van der Waals surface area contributed by atoms with Crippen LogP contribution in [0.3, 0.4) is 0 Å². The first kappa shape index (κ1) is 17.2. The molecule has 9 heteroatoms. The quantitative estimate of drug-likeness (QED) is 0.610. The second-order valence-electron chi connectivity index (χ2n) is 4.87. The predicted octanol–water partition coefficient (Wildman–Crippen LogP) is 4.93. The molecule has 0 aliphatic carbocycles. The van der Waals surface area contributed by atoms with E-state index in [4.69, 9.17) is 16.3 Å². The van der Waals surface area contributed by atoms with E-state index in [-0.39, 0.29) is 17.9 Å². The number of rotatable bonds is 4. The Hall–Kier alpha value is -2.61. The lowest BCUT2D eigenvalue weighted by atomic mass is 10.2. The van der Waals surface area contributed by atoms with Crippen molar-refractivity contribution >= 4 is 11.6 Å². The second-order valence-corrected chi connectivity index (χ2v) is 5.31. The van der Waals surface area contributed by atoms with Crippen LogP contribution in [-0.4, -0.2) is 10.1 Å². The lowest BCUT2D eigenvalue weighted by molar-refractivity contribution is -0.159. The Morgan fingerprint density at radius 1 is 1.16 bits per heavy atom. The molecule has 0 saturated heterocycles. The zero-order valence-electron chi connectivity index (χ0n) is 12.3. The van der Waals surface area contributed by atoms with Crippen molar-refractivity contribution in [3.8, 4) is 17.1 Å². The van der Waals surface area contributed by atoms with Crippen LogP contribution in [0.4, 0.5) is 17.6 Å². The lowest BCUT2D eigenvalue weighted by Gasteiger charge is -2.08. The summed E-state index contributed by atoms with van der Waals surface area (Å²) in [6, 6.07) is 11.7. The Kier molecular flexibility index (Phi) is 4.63. The topological polar surface area (TPSA) is 48.2 Å². The van der Waals surface area contributed by atoms with Gasteiger partial charge in [-0.05, 0) is 29.8 Å². The van der Waals surface area contributed by atoms with Crippen molar-refractivity contribution in [2.75, 3.05) is 0 Å². The fourth-order valence-corrected chi connectivity index (χ4v) is 2.05. The molecule has 2 aromatic carbocycles. The van der Waals surface area contributed by atoms with Crippen LogP contribution in [-0.2, 0) is 12.8 Å². The average Bonchev–Trinajstić information content (AvgIpc) is 3.05. The number of benzene rings is 2. The Morgan fingerprint density at radius 3 is 2.52 bits per heavy atom. The van der Waals surface area contributed by atoms with Crippen molar-refractivity contribution in [1.82, 2.24) is 10.1 Å². The molecule has 0 spiro atoms. The monoisotopic (exact) mass is 371 g/mol. The molecule has 1 radical (unpaired) electrons. The summed E-state index contributed by atoms with van der Waals surface area (Å²) in [4.78, 5) is 3.15. The van der Waals surface area contributed by atoms with Crippen LogP contribution in [0.1, 0.15) is 11.5 Å².